The van der Waals surface area contributed by atoms with E-state index in [4.69, 9.17) is 9.47 Å². The van der Waals surface area contributed by atoms with Crippen LogP contribution in [0.3, 0.4) is 0 Å². The molecule has 1 aromatic carbocycles. The van der Waals surface area contributed by atoms with Gasteiger partial charge in [-0.05, 0) is 81.2 Å². The average molecular weight is 388 g/mol. The molecular formula is C23H33NO4. The quantitative estimate of drug-likeness (QED) is 0.789. The van der Waals surface area contributed by atoms with Gasteiger partial charge in [0, 0.05) is 31.9 Å². The predicted octanol–water partition coefficient (Wildman–Crippen LogP) is 4.29. The number of carbonyl (C=O) groups is 1. The Balaban J connectivity index is 2.11. The summed E-state index contributed by atoms with van der Waals surface area (Å²) in [6.45, 7) is 13.0. The van der Waals surface area contributed by atoms with Gasteiger partial charge in [0.1, 0.15) is 0 Å². The van der Waals surface area contributed by atoms with E-state index in [0.29, 0.717) is 5.92 Å². The lowest BCUT2D eigenvalue weighted by Gasteiger charge is -2.29. The molecule has 3 rings (SSSR count). The van der Waals surface area contributed by atoms with Crippen LogP contribution in [0.1, 0.15) is 73.1 Å². The van der Waals surface area contributed by atoms with E-state index in [2.05, 4.69) is 24.4 Å². The summed E-state index contributed by atoms with van der Waals surface area (Å²) in [5.74, 6) is -0.469. The molecule has 154 valence electrons. The van der Waals surface area contributed by atoms with Crippen molar-refractivity contribution in [3.63, 3.8) is 0 Å². The Hall–Kier alpha value is -1.69. The summed E-state index contributed by atoms with van der Waals surface area (Å²) in [6.07, 6.45) is 5.40. The molecule has 0 amide bonds. The molecule has 2 heterocycles. The van der Waals surface area contributed by atoms with Gasteiger partial charge in [-0.1, -0.05) is 12.2 Å². The van der Waals surface area contributed by atoms with Crippen LogP contribution in [0.4, 0.5) is 0 Å². The molecule has 0 aliphatic carbocycles. The molecular weight excluding hydrogens is 354 g/mol. The molecule has 2 aliphatic heterocycles. The third kappa shape index (κ3) is 4.48. The summed E-state index contributed by atoms with van der Waals surface area (Å²) < 4.78 is 11.5. The number of ether oxygens (including phenoxy) is 2. The molecule has 2 aliphatic rings. The molecule has 0 saturated carbocycles. The molecule has 1 aromatic rings. The van der Waals surface area contributed by atoms with Gasteiger partial charge in [0.15, 0.2) is 6.10 Å². The van der Waals surface area contributed by atoms with Crippen LogP contribution in [-0.4, -0.2) is 29.9 Å². The zero-order valence-corrected chi connectivity index (χ0v) is 17.7. The van der Waals surface area contributed by atoms with E-state index in [9.17, 15) is 9.90 Å². The number of hydrogen-bond acceptors (Lipinski definition) is 4. The van der Waals surface area contributed by atoms with Crippen LogP contribution < -0.4 is 5.32 Å². The molecule has 5 heteroatoms. The summed E-state index contributed by atoms with van der Waals surface area (Å²) in [4.78, 5) is 12.2. The van der Waals surface area contributed by atoms with E-state index in [1.165, 1.54) is 11.1 Å². The highest BCUT2D eigenvalue weighted by molar-refractivity contribution is 5.79. The lowest BCUT2D eigenvalue weighted by atomic mass is 9.85. The number of hydrogen-bond donors (Lipinski definition) is 2. The second-order valence-corrected chi connectivity index (χ2v) is 8.90. The van der Waals surface area contributed by atoms with Crippen molar-refractivity contribution in [1.29, 1.82) is 0 Å². The average Bonchev–Trinajstić information content (AvgIpc) is 3.12. The van der Waals surface area contributed by atoms with Gasteiger partial charge >= 0.3 is 5.97 Å². The number of carboxylic acids is 1. The van der Waals surface area contributed by atoms with E-state index in [-0.39, 0.29) is 0 Å². The minimum absolute atomic E-state index is 0.472. The first kappa shape index (κ1) is 21.0. The molecule has 0 aromatic heterocycles. The Morgan fingerprint density at radius 3 is 2.36 bits per heavy atom. The number of allylic oxidation sites excluding steroid dienone is 1. The maximum absolute atomic E-state index is 12.2. The van der Waals surface area contributed by atoms with Crippen molar-refractivity contribution >= 4 is 12.0 Å². The number of benzene rings is 1. The smallest absolute Gasteiger partial charge is 0.337 e. The molecule has 0 bridgehead atoms. The molecule has 5 nitrogen and oxygen atoms in total. The highest BCUT2D eigenvalue weighted by Gasteiger charge is 2.33. The van der Waals surface area contributed by atoms with Crippen molar-refractivity contribution in [2.75, 3.05) is 13.2 Å². The molecule has 2 N–H and O–H groups in total. The number of fused-ring (bicyclic) bond motifs is 1. The molecule has 1 atom stereocenters. The van der Waals surface area contributed by atoms with Gasteiger partial charge in [-0.15, -0.1) is 0 Å². The van der Waals surface area contributed by atoms with Crippen LogP contribution in [0.15, 0.2) is 6.08 Å². The minimum Gasteiger partial charge on any atom is -0.479 e. The van der Waals surface area contributed by atoms with Crippen LogP contribution in [0.2, 0.25) is 0 Å². The fourth-order valence-corrected chi connectivity index (χ4v) is 4.25. The third-order valence-corrected chi connectivity index (χ3v) is 5.73. The lowest BCUT2D eigenvalue weighted by molar-refractivity contribution is -0.160. The first-order valence-corrected chi connectivity index (χ1v) is 10.2. The highest BCUT2D eigenvalue weighted by atomic mass is 16.5. The molecule has 1 fully saturated rings. The Labute approximate surface area is 168 Å². The fraction of sp³-hybridized carbons (Fsp3) is 0.609. The number of carboxylic acid groups (broad SMARTS) is 1. The molecule has 28 heavy (non-hydrogen) atoms. The second kappa shape index (κ2) is 8.36. The maximum atomic E-state index is 12.2. The topological polar surface area (TPSA) is 67.8 Å². The van der Waals surface area contributed by atoms with Gasteiger partial charge in [-0.2, -0.15) is 0 Å². The second-order valence-electron chi connectivity index (χ2n) is 8.90. The van der Waals surface area contributed by atoms with Gasteiger partial charge in [-0.3, -0.25) is 0 Å². The van der Waals surface area contributed by atoms with Crippen LogP contribution >= 0.6 is 0 Å². The summed E-state index contributed by atoms with van der Waals surface area (Å²) >= 11 is 0. The van der Waals surface area contributed by atoms with Crippen molar-refractivity contribution in [3.8, 4) is 0 Å². The highest BCUT2D eigenvalue weighted by Crippen LogP contribution is 2.38. The SMILES string of the molecule is Cc1c(/C=C/C2CCOCC2)c(C(OC(C)(C)C)C(=O)O)c(C)c2c1CNC2. The Morgan fingerprint density at radius 2 is 1.79 bits per heavy atom. The summed E-state index contributed by atoms with van der Waals surface area (Å²) in [5.41, 5.74) is 5.96. The number of rotatable bonds is 5. The third-order valence-electron chi connectivity index (χ3n) is 5.73. The van der Waals surface area contributed by atoms with Gasteiger partial charge in [0.2, 0.25) is 0 Å². The first-order chi connectivity index (χ1) is 13.2. The maximum Gasteiger partial charge on any atom is 0.337 e. The number of nitrogens with one attached hydrogen (secondary N) is 1. The van der Waals surface area contributed by atoms with E-state index in [0.717, 1.165) is 61.4 Å². The monoisotopic (exact) mass is 387 g/mol. The Kier molecular flexibility index (Phi) is 6.28. The zero-order chi connectivity index (χ0) is 20.5. The van der Waals surface area contributed by atoms with Crippen LogP contribution in [-0.2, 0) is 27.4 Å². The van der Waals surface area contributed by atoms with E-state index in [1.54, 1.807) is 0 Å². The van der Waals surface area contributed by atoms with Gasteiger partial charge < -0.3 is 19.9 Å². The molecule has 0 radical (unpaired) electrons. The zero-order valence-electron chi connectivity index (χ0n) is 17.7. The van der Waals surface area contributed by atoms with Crippen LogP contribution in [0.5, 0.6) is 0 Å². The fourth-order valence-electron chi connectivity index (χ4n) is 4.25. The van der Waals surface area contributed by atoms with Crippen molar-refractivity contribution < 1.29 is 19.4 Å². The first-order valence-electron chi connectivity index (χ1n) is 10.2. The van der Waals surface area contributed by atoms with E-state index >= 15 is 0 Å². The van der Waals surface area contributed by atoms with Gasteiger partial charge in [-0.25, -0.2) is 4.79 Å². The normalized spacial score (nSPS) is 19.2. The minimum atomic E-state index is -0.987. The molecule has 0 spiro atoms. The molecule has 1 unspecified atom stereocenters. The van der Waals surface area contributed by atoms with Crippen molar-refractivity contribution in [3.05, 3.63) is 39.5 Å². The van der Waals surface area contributed by atoms with Crippen molar-refractivity contribution in [2.24, 2.45) is 5.92 Å². The van der Waals surface area contributed by atoms with Gasteiger partial charge in [0.25, 0.3) is 0 Å². The Bertz CT molecular complexity index is 770. The largest absolute Gasteiger partial charge is 0.479 e. The van der Waals surface area contributed by atoms with Crippen molar-refractivity contribution in [1.82, 2.24) is 5.32 Å². The van der Waals surface area contributed by atoms with Crippen LogP contribution in [0.25, 0.3) is 6.08 Å². The Morgan fingerprint density at radius 1 is 1.18 bits per heavy atom. The molecule has 1 saturated heterocycles. The van der Waals surface area contributed by atoms with Gasteiger partial charge in [0.05, 0.1) is 5.60 Å². The van der Waals surface area contributed by atoms with E-state index in [1.807, 2.05) is 27.7 Å². The predicted molar refractivity (Wildman–Crippen MR) is 110 cm³/mol. The lowest BCUT2D eigenvalue weighted by Crippen LogP contribution is -2.29. The standard InChI is InChI=1S/C23H33NO4/c1-14-17(7-6-16-8-10-27-11-9-16)20(15(2)19-13-24-12-18(14)19)21(22(25)26)28-23(3,4)5/h6-7,16,21,24H,8-13H2,1-5H3,(H,25,26)/b7-6+. The summed E-state index contributed by atoms with van der Waals surface area (Å²) in [5, 5.41) is 13.4. The van der Waals surface area contributed by atoms with Crippen LogP contribution in [0, 0.1) is 19.8 Å². The number of aliphatic carboxylic acids is 1. The summed E-state index contributed by atoms with van der Waals surface area (Å²) in [6, 6.07) is 0. The van der Waals surface area contributed by atoms with Crippen molar-refractivity contribution in [2.45, 2.75) is 72.3 Å². The van der Waals surface area contributed by atoms with E-state index < -0.39 is 17.7 Å². The summed E-state index contributed by atoms with van der Waals surface area (Å²) in [7, 11) is 0.